The van der Waals surface area contributed by atoms with E-state index in [2.05, 4.69) is 9.47 Å². The van der Waals surface area contributed by atoms with Crippen molar-refractivity contribution < 1.29 is 33.4 Å². The largest absolute Gasteiger partial charge is 0.460 e. The van der Waals surface area contributed by atoms with Crippen LogP contribution in [0.4, 0.5) is 0 Å². The molecule has 0 fully saturated rings. The molecule has 1 aromatic rings. The SMILES string of the molecule is CCOC(=O)C(=O)C(C(=O)C(=O)OCC)C(=O)C(CCC(C)C)c1ccccc1. The molecule has 0 N–H and O–H groups in total. The van der Waals surface area contributed by atoms with Gasteiger partial charge >= 0.3 is 11.9 Å². The van der Waals surface area contributed by atoms with Gasteiger partial charge in [0, 0.05) is 5.92 Å². The topological polar surface area (TPSA) is 104 Å². The number of benzene rings is 1. The average molecular weight is 404 g/mol. The Morgan fingerprint density at radius 3 is 1.69 bits per heavy atom. The Bertz CT molecular complexity index is 707. The molecule has 0 radical (unpaired) electrons. The molecule has 0 saturated heterocycles. The fourth-order valence-electron chi connectivity index (χ4n) is 2.88. The summed E-state index contributed by atoms with van der Waals surface area (Å²) in [5, 5.41) is 0. The fraction of sp³-hybridized carbons (Fsp3) is 0.500. The average Bonchev–Trinajstić information content (AvgIpc) is 2.69. The number of carbonyl (C=O) groups excluding carboxylic acids is 5. The predicted octanol–water partition coefficient (Wildman–Crippen LogP) is 2.66. The van der Waals surface area contributed by atoms with Crippen LogP contribution < -0.4 is 0 Å². The lowest BCUT2D eigenvalue weighted by Gasteiger charge is -2.21. The molecular formula is C22H28O7. The molecule has 7 heteroatoms. The van der Waals surface area contributed by atoms with Crippen LogP contribution in [0.25, 0.3) is 0 Å². The number of carbonyl (C=O) groups is 5. The van der Waals surface area contributed by atoms with E-state index in [0.717, 1.165) is 0 Å². The lowest BCUT2D eigenvalue weighted by Crippen LogP contribution is -2.43. The normalized spacial score (nSPS) is 11.8. The molecule has 0 aliphatic carbocycles. The zero-order chi connectivity index (χ0) is 22.0. The van der Waals surface area contributed by atoms with Gasteiger partial charge in [-0.05, 0) is 38.2 Å². The van der Waals surface area contributed by atoms with Gasteiger partial charge in [-0.25, -0.2) is 9.59 Å². The number of esters is 2. The lowest BCUT2D eigenvalue weighted by atomic mass is 9.79. The molecule has 0 aromatic heterocycles. The maximum absolute atomic E-state index is 13.3. The van der Waals surface area contributed by atoms with Gasteiger partial charge in [0.15, 0.2) is 11.7 Å². The second kappa shape index (κ2) is 11.9. The van der Waals surface area contributed by atoms with E-state index >= 15 is 0 Å². The van der Waals surface area contributed by atoms with Crippen LogP contribution in [0.1, 0.15) is 52.0 Å². The van der Waals surface area contributed by atoms with Gasteiger partial charge in [-0.1, -0.05) is 44.2 Å². The smallest absolute Gasteiger partial charge is 0.375 e. The van der Waals surface area contributed by atoms with Gasteiger partial charge in [0.05, 0.1) is 13.2 Å². The first-order chi connectivity index (χ1) is 13.7. The van der Waals surface area contributed by atoms with Crippen molar-refractivity contribution in [3.63, 3.8) is 0 Å². The van der Waals surface area contributed by atoms with Crippen LogP contribution >= 0.6 is 0 Å². The Balaban J connectivity index is 3.35. The van der Waals surface area contributed by atoms with Crippen LogP contribution in [0.3, 0.4) is 0 Å². The molecule has 0 aliphatic heterocycles. The van der Waals surface area contributed by atoms with Crippen LogP contribution in [0.5, 0.6) is 0 Å². The Morgan fingerprint density at radius 1 is 0.793 bits per heavy atom. The summed E-state index contributed by atoms with van der Waals surface area (Å²) in [5.74, 6) is -8.76. The van der Waals surface area contributed by atoms with Crippen molar-refractivity contribution in [3.05, 3.63) is 35.9 Å². The van der Waals surface area contributed by atoms with Crippen molar-refractivity contribution in [3.8, 4) is 0 Å². The third kappa shape index (κ3) is 6.93. The zero-order valence-corrected chi connectivity index (χ0v) is 17.3. The van der Waals surface area contributed by atoms with E-state index < -0.39 is 41.1 Å². The first kappa shape index (κ1) is 24.2. The quantitative estimate of drug-likeness (QED) is 0.300. The van der Waals surface area contributed by atoms with Crippen LogP contribution in [0.15, 0.2) is 30.3 Å². The predicted molar refractivity (Wildman–Crippen MR) is 105 cm³/mol. The second-order valence-electron chi connectivity index (χ2n) is 6.94. The molecule has 1 aromatic carbocycles. The molecule has 1 atom stereocenters. The van der Waals surface area contributed by atoms with E-state index in [1.54, 1.807) is 30.3 Å². The van der Waals surface area contributed by atoms with Crippen LogP contribution in [0.2, 0.25) is 0 Å². The summed E-state index contributed by atoms with van der Waals surface area (Å²) >= 11 is 0. The molecule has 0 aliphatic rings. The lowest BCUT2D eigenvalue weighted by molar-refractivity contribution is -0.163. The number of ether oxygens (including phenoxy) is 2. The summed E-state index contributed by atoms with van der Waals surface area (Å²) in [7, 11) is 0. The zero-order valence-electron chi connectivity index (χ0n) is 17.3. The Morgan fingerprint density at radius 2 is 1.28 bits per heavy atom. The third-order valence-electron chi connectivity index (χ3n) is 4.34. The Labute approximate surface area is 170 Å². The number of hydrogen-bond donors (Lipinski definition) is 0. The molecule has 0 heterocycles. The van der Waals surface area contributed by atoms with Gasteiger partial charge in [-0.2, -0.15) is 0 Å². The summed E-state index contributed by atoms with van der Waals surface area (Å²) in [6, 6.07) is 8.67. The maximum atomic E-state index is 13.3. The van der Waals surface area contributed by atoms with E-state index in [-0.39, 0.29) is 19.1 Å². The monoisotopic (exact) mass is 404 g/mol. The van der Waals surface area contributed by atoms with E-state index in [1.165, 1.54) is 13.8 Å². The van der Waals surface area contributed by atoms with Crippen molar-refractivity contribution in [2.75, 3.05) is 13.2 Å². The van der Waals surface area contributed by atoms with Gasteiger partial charge in [0.2, 0.25) is 0 Å². The summed E-state index contributed by atoms with van der Waals surface area (Å²) in [5.41, 5.74) is 0.608. The van der Waals surface area contributed by atoms with Crippen LogP contribution in [0, 0.1) is 11.8 Å². The fourth-order valence-corrected chi connectivity index (χ4v) is 2.88. The van der Waals surface area contributed by atoms with Crippen LogP contribution in [-0.4, -0.2) is 42.5 Å². The second-order valence-corrected chi connectivity index (χ2v) is 6.94. The minimum absolute atomic E-state index is 0.103. The minimum Gasteiger partial charge on any atom is -0.460 e. The van der Waals surface area contributed by atoms with E-state index in [0.29, 0.717) is 18.4 Å². The highest BCUT2D eigenvalue weighted by atomic mass is 16.5. The molecule has 1 rings (SSSR count). The highest BCUT2D eigenvalue weighted by Gasteiger charge is 2.45. The third-order valence-corrected chi connectivity index (χ3v) is 4.34. The first-order valence-corrected chi connectivity index (χ1v) is 9.75. The van der Waals surface area contributed by atoms with Crippen LogP contribution in [-0.2, 0) is 33.4 Å². The molecular weight excluding hydrogens is 376 g/mol. The van der Waals surface area contributed by atoms with Crippen molar-refractivity contribution >= 4 is 29.3 Å². The summed E-state index contributed by atoms with van der Waals surface area (Å²) < 4.78 is 9.33. The summed E-state index contributed by atoms with van der Waals surface area (Å²) in [6.45, 7) is 6.74. The standard InChI is InChI=1S/C22H28O7/c1-5-28-21(26)19(24)17(20(25)22(27)29-6-2)18(23)16(13-12-14(3)4)15-10-8-7-9-11-15/h7-11,14,16-17H,5-6,12-13H2,1-4H3. The molecule has 1 unspecified atom stereocenters. The molecule has 0 spiro atoms. The number of hydrogen-bond acceptors (Lipinski definition) is 7. The van der Waals surface area contributed by atoms with Gasteiger partial charge < -0.3 is 9.47 Å². The summed E-state index contributed by atoms with van der Waals surface area (Å²) in [6.07, 6.45) is 1.02. The Kier molecular flexibility index (Phi) is 9.92. The van der Waals surface area contributed by atoms with E-state index in [4.69, 9.17) is 0 Å². The van der Waals surface area contributed by atoms with Crippen molar-refractivity contribution in [2.45, 2.75) is 46.5 Å². The molecule has 0 amide bonds. The van der Waals surface area contributed by atoms with Crippen molar-refractivity contribution in [2.24, 2.45) is 11.8 Å². The van der Waals surface area contributed by atoms with Gasteiger partial charge in [-0.15, -0.1) is 0 Å². The first-order valence-electron chi connectivity index (χ1n) is 9.75. The van der Waals surface area contributed by atoms with Gasteiger partial charge in [-0.3, -0.25) is 14.4 Å². The molecule has 0 saturated carbocycles. The Hall–Kier alpha value is -2.83. The van der Waals surface area contributed by atoms with Crippen molar-refractivity contribution in [1.82, 2.24) is 0 Å². The van der Waals surface area contributed by atoms with E-state index in [9.17, 15) is 24.0 Å². The van der Waals surface area contributed by atoms with Gasteiger partial charge in [0.25, 0.3) is 11.6 Å². The molecule has 0 bridgehead atoms. The van der Waals surface area contributed by atoms with Gasteiger partial charge in [0.1, 0.15) is 0 Å². The van der Waals surface area contributed by atoms with Crippen molar-refractivity contribution in [1.29, 1.82) is 0 Å². The highest BCUT2D eigenvalue weighted by Crippen LogP contribution is 2.28. The molecule has 29 heavy (non-hydrogen) atoms. The summed E-state index contributed by atoms with van der Waals surface area (Å²) in [4.78, 5) is 62.4. The minimum atomic E-state index is -2.08. The number of ketones is 3. The number of rotatable bonds is 12. The van der Waals surface area contributed by atoms with E-state index in [1.807, 2.05) is 13.8 Å². The maximum Gasteiger partial charge on any atom is 0.375 e. The molecule has 7 nitrogen and oxygen atoms in total. The molecule has 158 valence electrons. The highest BCUT2D eigenvalue weighted by molar-refractivity contribution is 6.52. The number of Topliss-reactive ketones (excluding diaryl/α,β-unsaturated/α-hetero) is 3.